The summed E-state index contributed by atoms with van der Waals surface area (Å²) in [6.07, 6.45) is 3.48. The first-order valence-electron chi connectivity index (χ1n) is 6.17. The third-order valence-electron chi connectivity index (χ3n) is 2.91. The minimum absolute atomic E-state index is 0.248. The Morgan fingerprint density at radius 3 is 2.95 bits per heavy atom. The molecule has 3 nitrogen and oxygen atoms in total. The summed E-state index contributed by atoms with van der Waals surface area (Å²) in [7, 11) is 0. The molecule has 0 spiro atoms. The number of nitriles is 1. The van der Waals surface area contributed by atoms with Crippen LogP contribution in [0.4, 0.5) is 5.69 Å². The maximum atomic E-state index is 9.07. The van der Waals surface area contributed by atoms with Crippen molar-refractivity contribution in [1.29, 1.82) is 5.26 Å². The Morgan fingerprint density at radius 1 is 1.42 bits per heavy atom. The van der Waals surface area contributed by atoms with E-state index in [4.69, 9.17) is 21.3 Å². The minimum Gasteiger partial charge on any atom is -0.469 e. The predicted molar refractivity (Wildman–Crippen MR) is 76.3 cm³/mol. The van der Waals surface area contributed by atoms with Crippen LogP contribution in [0.25, 0.3) is 0 Å². The molecule has 0 aliphatic rings. The maximum Gasteiger partial charge on any atom is 0.103 e. The first-order valence-corrected chi connectivity index (χ1v) is 6.55. The molecule has 1 atom stereocenters. The van der Waals surface area contributed by atoms with E-state index < -0.39 is 0 Å². The van der Waals surface area contributed by atoms with Gasteiger partial charge in [-0.25, -0.2) is 0 Å². The first-order chi connectivity index (χ1) is 9.19. The number of nitrogens with one attached hydrogen (secondary N) is 1. The van der Waals surface area contributed by atoms with Gasteiger partial charge in [-0.05, 0) is 43.7 Å². The molecule has 19 heavy (non-hydrogen) atoms. The quantitative estimate of drug-likeness (QED) is 0.887. The summed E-state index contributed by atoms with van der Waals surface area (Å²) >= 11 is 5.87. The van der Waals surface area contributed by atoms with Gasteiger partial charge in [0.25, 0.3) is 0 Å². The van der Waals surface area contributed by atoms with E-state index in [1.54, 1.807) is 18.4 Å². The summed E-state index contributed by atoms with van der Waals surface area (Å²) < 4.78 is 5.30. The van der Waals surface area contributed by atoms with Gasteiger partial charge in [0.05, 0.1) is 17.5 Å². The Kier molecular flexibility index (Phi) is 4.48. The van der Waals surface area contributed by atoms with Gasteiger partial charge in [-0.3, -0.25) is 0 Å². The van der Waals surface area contributed by atoms with Crippen LogP contribution in [0.3, 0.4) is 0 Å². The van der Waals surface area contributed by atoms with Gasteiger partial charge in [0.1, 0.15) is 11.8 Å². The van der Waals surface area contributed by atoms with Crippen molar-refractivity contribution in [3.8, 4) is 6.07 Å². The summed E-state index contributed by atoms with van der Waals surface area (Å²) in [5, 5.41) is 13.0. The number of benzene rings is 1. The second kappa shape index (κ2) is 6.31. The van der Waals surface area contributed by atoms with E-state index in [1.807, 2.05) is 18.2 Å². The second-order valence-corrected chi connectivity index (χ2v) is 4.90. The zero-order chi connectivity index (χ0) is 13.7. The summed E-state index contributed by atoms with van der Waals surface area (Å²) in [5.41, 5.74) is 1.39. The molecule has 1 N–H and O–H groups in total. The monoisotopic (exact) mass is 274 g/mol. The van der Waals surface area contributed by atoms with E-state index >= 15 is 0 Å². The number of anilines is 1. The molecule has 0 aliphatic carbocycles. The zero-order valence-corrected chi connectivity index (χ0v) is 11.4. The summed E-state index contributed by atoms with van der Waals surface area (Å²) in [5.74, 6) is 0.977. The molecule has 2 rings (SSSR count). The van der Waals surface area contributed by atoms with Crippen LogP contribution in [0, 0.1) is 11.3 Å². The van der Waals surface area contributed by atoms with Crippen molar-refractivity contribution in [2.75, 3.05) is 5.32 Å². The third kappa shape index (κ3) is 3.77. The van der Waals surface area contributed by atoms with Crippen molar-refractivity contribution < 1.29 is 4.42 Å². The normalized spacial score (nSPS) is 11.8. The first kappa shape index (κ1) is 13.5. The molecule has 98 valence electrons. The second-order valence-electron chi connectivity index (χ2n) is 4.47. The average Bonchev–Trinajstić information content (AvgIpc) is 2.91. The molecule has 0 amide bonds. The highest BCUT2D eigenvalue weighted by Crippen LogP contribution is 2.21. The van der Waals surface area contributed by atoms with Gasteiger partial charge in [-0.1, -0.05) is 11.6 Å². The standard InChI is InChI=1S/C15H15ClN2O/c1-11(4-6-14-3-2-8-19-14)18-15-7-5-13(16)9-12(15)10-17/h2-3,5,7-9,11,18H,4,6H2,1H3. The number of aryl methyl sites for hydroxylation is 1. The molecule has 1 heterocycles. The lowest BCUT2D eigenvalue weighted by Gasteiger charge is -2.15. The van der Waals surface area contributed by atoms with Crippen LogP contribution in [0.1, 0.15) is 24.7 Å². The van der Waals surface area contributed by atoms with Gasteiger partial charge in [-0.15, -0.1) is 0 Å². The Morgan fingerprint density at radius 2 is 2.26 bits per heavy atom. The number of nitrogens with zero attached hydrogens (tertiary/aromatic N) is 1. The lowest BCUT2D eigenvalue weighted by Crippen LogP contribution is -2.16. The highest BCUT2D eigenvalue weighted by Gasteiger charge is 2.08. The third-order valence-corrected chi connectivity index (χ3v) is 3.14. The lowest BCUT2D eigenvalue weighted by atomic mass is 10.1. The van der Waals surface area contributed by atoms with Crippen LogP contribution < -0.4 is 5.32 Å². The van der Waals surface area contributed by atoms with Crippen LogP contribution in [-0.2, 0) is 6.42 Å². The minimum atomic E-state index is 0.248. The molecular formula is C15H15ClN2O. The van der Waals surface area contributed by atoms with Crippen molar-refractivity contribution in [2.45, 2.75) is 25.8 Å². The van der Waals surface area contributed by atoms with Crippen molar-refractivity contribution in [1.82, 2.24) is 0 Å². The van der Waals surface area contributed by atoms with Crippen molar-refractivity contribution in [2.24, 2.45) is 0 Å². The van der Waals surface area contributed by atoms with Gasteiger partial charge >= 0.3 is 0 Å². The molecule has 1 aromatic heterocycles. The van der Waals surface area contributed by atoms with Gasteiger partial charge in [0.2, 0.25) is 0 Å². The molecule has 1 aromatic carbocycles. The summed E-state index contributed by atoms with van der Waals surface area (Å²) in [6, 6.07) is 11.5. The SMILES string of the molecule is CC(CCc1ccco1)Nc1ccc(Cl)cc1C#N. The fraction of sp³-hybridized carbons (Fsp3) is 0.267. The Labute approximate surface area is 117 Å². The molecular weight excluding hydrogens is 260 g/mol. The van der Waals surface area contributed by atoms with Crippen molar-refractivity contribution in [3.63, 3.8) is 0 Å². The smallest absolute Gasteiger partial charge is 0.103 e. The fourth-order valence-corrected chi connectivity index (χ4v) is 2.06. The molecule has 0 fully saturated rings. The molecule has 4 heteroatoms. The van der Waals surface area contributed by atoms with E-state index in [2.05, 4.69) is 18.3 Å². The Balaban J connectivity index is 1.95. The molecule has 0 radical (unpaired) electrons. The number of hydrogen-bond acceptors (Lipinski definition) is 3. The summed E-state index contributed by atoms with van der Waals surface area (Å²) in [4.78, 5) is 0. The molecule has 1 unspecified atom stereocenters. The Bertz CT molecular complexity index is 572. The average molecular weight is 275 g/mol. The van der Waals surface area contributed by atoms with Gasteiger partial charge in [0, 0.05) is 17.5 Å². The number of halogens is 1. The Hall–Kier alpha value is -1.92. The fourth-order valence-electron chi connectivity index (χ4n) is 1.89. The highest BCUT2D eigenvalue weighted by molar-refractivity contribution is 6.30. The lowest BCUT2D eigenvalue weighted by molar-refractivity contribution is 0.495. The predicted octanol–water partition coefficient (Wildman–Crippen LogP) is 4.24. The number of hydrogen-bond donors (Lipinski definition) is 1. The summed E-state index contributed by atoms with van der Waals surface area (Å²) in [6.45, 7) is 2.08. The van der Waals surface area contributed by atoms with Crippen LogP contribution >= 0.6 is 11.6 Å². The van der Waals surface area contributed by atoms with Crippen molar-refractivity contribution in [3.05, 3.63) is 52.9 Å². The number of rotatable bonds is 5. The van der Waals surface area contributed by atoms with E-state index in [1.165, 1.54) is 0 Å². The number of furan rings is 1. The molecule has 0 aliphatic heterocycles. The molecule has 2 aromatic rings. The van der Waals surface area contributed by atoms with E-state index in [9.17, 15) is 0 Å². The van der Waals surface area contributed by atoms with Crippen molar-refractivity contribution >= 4 is 17.3 Å². The molecule has 0 bridgehead atoms. The maximum absolute atomic E-state index is 9.07. The topological polar surface area (TPSA) is 49.0 Å². The van der Waals surface area contributed by atoms with E-state index in [-0.39, 0.29) is 6.04 Å². The molecule has 0 saturated heterocycles. The van der Waals surface area contributed by atoms with E-state index in [0.717, 1.165) is 24.3 Å². The van der Waals surface area contributed by atoms with Crippen LogP contribution in [0.15, 0.2) is 41.0 Å². The largest absolute Gasteiger partial charge is 0.469 e. The molecule has 0 saturated carbocycles. The van der Waals surface area contributed by atoms with E-state index in [0.29, 0.717) is 10.6 Å². The van der Waals surface area contributed by atoms with Gasteiger partial charge < -0.3 is 9.73 Å². The van der Waals surface area contributed by atoms with Gasteiger partial charge in [0.15, 0.2) is 0 Å². The highest BCUT2D eigenvalue weighted by atomic mass is 35.5. The zero-order valence-electron chi connectivity index (χ0n) is 10.7. The van der Waals surface area contributed by atoms with Crippen LogP contribution in [0.2, 0.25) is 5.02 Å². The van der Waals surface area contributed by atoms with Crippen LogP contribution in [0.5, 0.6) is 0 Å². The van der Waals surface area contributed by atoms with Gasteiger partial charge in [-0.2, -0.15) is 5.26 Å². The van der Waals surface area contributed by atoms with Crippen LogP contribution in [-0.4, -0.2) is 6.04 Å².